The van der Waals surface area contributed by atoms with Crippen LogP contribution >= 0.6 is 0 Å². The van der Waals surface area contributed by atoms with Gasteiger partial charge in [0.2, 0.25) is 0 Å². The van der Waals surface area contributed by atoms with E-state index in [0.29, 0.717) is 0 Å². The van der Waals surface area contributed by atoms with Gasteiger partial charge in [-0.2, -0.15) is 18.2 Å². The number of nitrogens with zero attached hydrogens (tertiary/aromatic N) is 1. The predicted octanol–water partition coefficient (Wildman–Crippen LogP) is -0.861. The Kier molecular flexibility index (Phi) is 4.14. The Bertz CT molecular complexity index is 268. The van der Waals surface area contributed by atoms with Crippen molar-refractivity contribution in [2.45, 2.75) is 12.8 Å². The van der Waals surface area contributed by atoms with Crippen molar-refractivity contribution in [1.82, 2.24) is 0 Å². The summed E-state index contributed by atoms with van der Waals surface area (Å²) in [6.45, 7) is 0. The van der Waals surface area contributed by atoms with Gasteiger partial charge in [-0.25, -0.2) is 0 Å². The van der Waals surface area contributed by atoms with Gasteiger partial charge in [-0.3, -0.25) is 4.99 Å². The molecule has 0 fully saturated rings. The van der Waals surface area contributed by atoms with Gasteiger partial charge in [0.25, 0.3) is 0 Å². The van der Waals surface area contributed by atoms with Gasteiger partial charge in [0.05, 0.1) is 0 Å². The summed E-state index contributed by atoms with van der Waals surface area (Å²) in [6.07, 6.45) is 4.17. The monoisotopic (exact) mass is 215 g/mol. The molecule has 0 radical (unpaired) electrons. The largest absolute Gasteiger partial charge is 1.00 e. The molecular weight excluding hydrogens is 208 g/mol. The first-order chi connectivity index (χ1) is 4.97. The van der Waals surface area contributed by atoms with Crippen molar-refractivity contribution in [3.8, 4) is 0 Å². The standard InChI is InChI=1S/C9H8N.Rb/c1-2-6-9-8(4-1)5-3-7-10-9;/h2,4,6-7H,3,5H2;/q-1;+1. The molecule has 1 aromatic carbocycles. The van der Waals surface area contributed by atoms with Crippen molar-refractivity contribution in [2.75, 3.05) is 0 Å². The fraction of sp³-hybridized carbons (Fsp3) is 0.222. The number of aryl methyl sites for hydroxylation is 1. The maximum atomic E-state index is 4.25. The molecule has 0 N–H and O–H groups in total. The Morgan fingerprint density at radius 2 is 2.36 bits per heavy atom. The smallest absolute Gasteiger partial charge is 0.287 e. The van der Waals surface area contributed by atoms with Gasteiger partial charge < -0.3 is 0 Å². The van der Waals surface area contributed by atoms with Crippen LogP contribution in [0, 0.1) is 6.07 Å². The summed E-state index contributed by atoms with van der Waals surface area (Å²) < 4.78 is 0. The van der Waals surface area contributed by atoms with Crippen LogP contribution in [0.5, 0.6) is 0 Å². The summed E-state index contributed by atoms with van der Waals surface area (Å²) in [5.74, 6) is 0. The number of hydrogen-bond acceptors (Lipinski definition) is 1. The maximum Gasteiger partial charge on any atom is 1.00 e. The molecule has 0 spiro atoms. The molecule has 0 aliphatic carbocycles. The molecule has 0 unspecified atom stereocenters. The van der Waals surface area contributed by atoms with Gasteiger partial charge >= 0.3 is 58.2 Å². The topological polar surface area (TPSA) is 12.4 Å². The number of benzene rings is 1. The molecule has 1 aliphatic heterocycles. The van der Waals surface area contributed by atoms with Crippen molar-refractivity contribution in [3.05, 3.63) is 29.8 Å². The summed E-state index contributed by atoms with van der Waals surface area (Å²) in [7, 11) is 0. The second-order valence-electron chi connectivity index (χ2n) is 2.41. The van der Waals surface area contributed by atoms with E-state index in [1.807, 2.05) is 24.4 Å². The maximum absolute atomic E-state index is 4.25. The van der Waals surface area contributed by atoms with Crippen LogP contribution in [0.3, 0.4) is 0 Å². The third kappa shape index (κ3) is 2.31. The molecule has 1 nitrogen and oxygen atoms in total. The van der Waals surface area contributed by atoms with Crippen molar-refractivity contribution in [2.24, 2.45) is 4.99 Å². The van der Waals surface area contributed by atoms with E-state index in [1.165, 1.54) is 5.56 Å². The summed E-state index contributed by atoms with van der Waals surface area (Å²) in [5, 5.41) is 0. The van der Waals surface area contributed by atoms with Gasteiger partial charge in [0, 0.05) is 6.21 Å². The minimum atomic E-state index is 0. The summed E-state index contributed by atoms with van der Waals surface area (Å²) >= 11 is 0. The molecule has 50 valence electrons. The summed E-state index contributed by atoms with van der Waals surface area (Å²) in [5.41, 5.74) is 2.44. The number of hydrogen-bond donors (Lipinski definition) is 0. The van der Waals surface area contributed by atoms with Crippen LogP contribution in [0.25, 0.3) is 0 Å². The van der Waals surface area contributed by atoms with E-state index in [1.54, 1.807) is 0 Å². The quantitative estimate of drug-likeness (QED) is 0.500. The van der Waals surface area contributed by atoms with E-state index in [0.717, 1.165) is 18.5 Å². The van der Waals surface area contributed by atoms with E-state index in [2.05, 4.69) is 11.1 Å². The molecule has 0 aromatic heterocycles. The molecule has 2 heteroatoms. The second-order valence-corrected chi connectivity index (χ2v) is 2.41. The van der Waals surface area contributed by atoms with Crippen LogP contribution in [-0.4, -0.2) is 6.21 Å². The molecule has 0 saturated heterocycles. The van der Waals surface area contributed by atoms with Gasteiger partial charge in [-0.15, -0.1) is 11.6 Å². The Morgan fingerprint density at radius 3 is 3.18 bits per heavy atom. The van der Waals surface area contributed by atoms with Gasteiger partial charge in [0.1, 0.15) is 0 Å². The second kappa shape index (κ2) is 4.66. The Labute approximate surface area is 116 Å². The SMILES string of the molecule is [Rb+].[c-]1ccc2c(c1)CCC=N2. The van der Waals surface area contributed by atoms with E-state index >= 15 is 0 Å². The molecule has 0 amide bonds. The minimum Gasteiger partial charge on any atom is -0.287 e. The number of fused-ring (bicyclic) bond motifs is 1. The van der Waals surface area contributed by atoms with E-state index < -0.39 is 0 Å². The van der Waals surface area contributed by atoms with E-state index in [-0.39, 0.29) is 58.2 Å². The number of aliphatic imine (C=N–C) groups is 1. The molecule has 0 atom stereocenters. The molecule has 1 aliphatic rings. The van der Waals surface area contributed by atoms with Crippen molar-refractivity contribution >= 4 is 11.9 Å². The van der Waals surface area contributed by atoms with Crippen molar-refractivity contribution in [1.29, 1.82) is 0 Å². The Hall–Kier alpha value is 0.695. The normalized spacial score (nSPS) is 13.5. The van der Waals surface area contributed by atoms with Crippen LogP contribution in [0.2, 0.25) is 0 Å². The third-order valence-corrected chi connectivity index (χ3v) is 1.70. The summed E-state index contributed by atoms with van der Waals surface area (Å²) in [6, 6.07) is 8.98. The molecule has 1 heterocycles. The zero-order chi connectivity index (χ0) is 6.81. The van der Waals surface area contributed by atoms with Crippen LogP contribution in [-0.2, 0) is 6.42 Å². The zero-order valence-corrected chi connectivity index (χ0v) is 11.6. The Morgan fingerprint density at radius 1 is 1.45 bits per heavy atom. The van der Waals surface area contributed by atoms with Gasteiger partial charge in [0.15, 0.2) is 0 Å². The van der Waals surface area contributed by atoms with Gasteiger partial charge in [-0.05, 0) is 12.1 Å². The molecule has 1 aromatic rings. The molecule has 0 saturated carbocycles. The van der Waals surface area contributed by atoms with Crippen LogP contribution < -0.4 is 58.2 Å². The average Bonchev–Trinajstić information content (AvgIpc) is 2.05. The third-order valence-electron chi connectivity index (χ3n) is 1.70. The first-order valence-electron chi connectivity index (χ1n) is 3.48. The van der Waals surface area contributed by atoms with Crippen LogP contribution in [0.1, 0.15) is 12.0 Å². The minimum absolute atomic E-state index is 0. The van der Waals surface area contributed by atoms with Crippen LogP contribution in [0.15, 0.2) is 23.2 Å². The number of rotatable bonds is 0. The fourth-order valence-corrected chi connectivity index (χ4v) is 1.17. The van der Waals surface area contributed by atoms with Crippen LogP contribution in [0.4, 0.5) is 5.69 Å². The molecule has 2 rings (SSSR count). The van der Waals surface area contributed by atoms with Crippen molar-refractivity contribution < 1.29 is 58.2 Å². The van der Waals surface area contributed by atoms with Crippen molar-refractivity contribution in [3.63, 3.8) is 0 Å². The van der Waals surface area contributed by atoms with E-state index in [4.69, 9.17) is 0 Å². The zero-order valence-electron chi connectivity index (χ0n) is 6.67. The molecule has 11 heavy (non-hydrogen) atoms. The first kappa shape index (κ1) is 9.78. The predicted molar refractivity (Wildman–Crippen MR) is 41.8 cm³/mol. The van der Waals surface area contributed by atoms with Gasteiger partial charge in [-0.1, -0.05) is 6.42 Å². The Balaban J connectivity index is 0.000000605. The molecule has 0 bridgehead atoms. The first-order valence-corrected chi connectivity index (χ1v) is 3.48. The average molecular weight is 216 g/mol. The molecular formula is C9H8NRb. The van der Waals surface area contributed by atoms with E-state index in [9.17, 15) is 0 Å². The summed E-state index contributed by atoms with van der Waals surface area (Å²) in [4.78, 5) is 4.25. The fourth-order valence-electron chi connectivity index (χ4n) is 1.17.